The monoisotopic (exact) mass is 361 g/mol. The predicted octanol–water partition coefficient (Wildman–Crippen LogP) is 0.284. The number of hydrogen-bond donors (Lipinski definition) is 1. The van der Waals surface area contributed by atoms with Crippen LogP contribution in [0.1, 0.15) is 6.42 Å². The lowest BCUT2D eigenvalue weighted by atomic mass is 10.1. The molecule has 0 aliphatic carbocycles. The van der Waals surface area contributed by atoms with E-state index in [0.29, 0.717) is 24.1 Å². The number of aromatic nitrogens is 1. The number of pyridine rings is 1. The molecule has 6 nitrogen and oxygen atoms in total. The van der Waals surface area contributed by atoms with E-state index < -0.39 is 10.0 Å². The summed E-state index contributed by atoms with van der Waals surface area (Å²) in [6.07, 6.45) is 1.98. The van der Waals surface area contributed by atoms with E-state index in [1.54, 1.807) is 12.1 Å². The molecule has 2 aliphatic heterocycles. The van der Waals surface area contributed by atoms with Crippen molar-refractivity contribution in [3.8, 4) is 0 Å². The number of likely N-dealkylation sites (tertiary alicyclic amines) is 1. The molecule has 0 aromatic carbocycles. The molecular formula is C12H16BrN3O3S. The third kappa shape index (κ3) is 2.50. The number of aliphatic hydroxyl groups is 1. The van der Waals surface area contributed by atoms with Crippen LogP contribution in [0, 0.1) is 0 Å². The third-order valence-electron chi connectivity index (χ3n) is 3.85. The quantitative estimate of drug-likeness (QED) is 0.837. The predicted molar refractivity (Wildman–Crippen MR) is 76.7 cm³/mol. The largest absolute Gasteiger partial charge is 0.392 e. The zero-order chi connectivity index (χ0) is 14.3. The second kappa shape index (κ2) is 5.34. The van der Waals surface area contributed by atoms with Crippen molar-refractivity contribution in [2.45, 2.75) is 23.6 Å². The first-order valence-corrected chi connectivity index (χ1v) is 8.74. The van der Waals surface area contributed by atoms with Gasteiger partial charge in [0.1, 0.15) is 0 Å². The summed E-state index contributed by atoms with van der Waals surface area (Å²) in [6, 6.07) is 3.58. The Morgan fingerprint density at radius 1 is 1.35 bits per heavy atom. The smallest absolute Gasteiger partial charge is 0.261 e. The minimum Gasteiger partial charge on any atom is -0.392 e. The Kier molecular flexibility index (Phi) is 3.85. The van der Waals surface area contributed by atoms with E-state index in [0.717, 1.165) is 13.0 Å². The molecule has 1 atom stereocenters. The number of rotatable bonds is 3. The van der Waals surface area contributed by atoms with Crippen molar-refractivity contribution < 1.29 is 13.5 Å². The SMILES string of the molecule is O=S(=O)(c1ncccc1Br)N1CC(N2CCC(O)C2)C1. The molecule has 8 heteroatoms. The van der Waals surface area contributed by atoms with Crippen molar-refractivity contribution in [2.75, 3.05) is 26.2 Å². The zero-order valence-corrected chi connectivity index (χ0v) is 13.2. The second-order valence-electron chi connectivity index (χ2n) is 5.20. The fourth-order valence-corrected chi connectivity index (χ4v) is 4.99. The van der Waals surface area contributed by atoms with Crippen molar-refractivity contribution in [3.05, 3.63) is 22.8 Å². The maximum atomic E-state index is 12.4. The highest BCUT2D eigenvalue weighted by molar-refractivity contribution is 9.10. The van der Waals surface area contributed by atoms with E-state index in [-0.39, 0.29) is 17.2 Å². The molecule has 2 aliphatic rings. The lowest BCUT2D eigenvalue weighted by molar-refractivity contribution is 0.0918. The van der Waals surface area contributed by atoms with E-state index in [4.69, 9.17) is 0 Å². The topological polar surface area (TPSA) is 73.7 Å². The molecule has 0 spiro atoms. The molecule has 1 aromatic rings. The average molecular weight is 362 g/mol. The number of halogens is 1. The Bertz CT molecular complexity index is 604. The number of nitrogens with zero attached hydrogens (tertiary/aromatic N) is 3. The number of sulfonamides is 1. The van der Waals surface area contributed by atoms with Gasteiger partial charge in [-0.25, -0.2) is 13.4 Å². The summed E-state index contributed by atoms with van der Waals surface area (Å²) in [7, 11) is -3.52. The van der Waals surface area contributed by atoms with Crippen LogP contribution >= 0.6 is 15.9 Å². The van der Waals surface area contributed by atoms with Crippen LogP contribution in [-0.4, -0.2) is 66.0 Å². The highest BCUT2D eigenvalue weighted by Gasteiger charge is 2.42. The van der Waals surface area contributed by atoms with E-state index >= 15 is 0 Å². The zero-order valence-electron chi connectivity index (χ0n) is 10.8. The molecule has 110 valence electrons. The summed E-state index contributed by atoms with van der Waals surface area (Å²) < 4.78 is 26.8. The summed E-state index contributed by atoms with van der Waals surface area (Å²) in [6.45, 7) is 2.43. The number of hydrogen-bond acceptors (Lipinski definition) is 5. The Hall–Kier alpha value is -0.540. The second-order valence-corrected chi connectivity index (χ2v) is 7.91. The molecule has 1 aromatic heterocycles. The van der Waals surface area contributed by atoms with Gasteiger partial charge in [-0.15, -0.1) is 0 Å². The van der Waals surface area contributed by atoms with Crippen LogP contribution in [0.15, 0.2) is 27.8 Å². The number of aliphatic hydroxyl groups excluding tert-OH is 1. The van der Waals surface area contributed by atoms with Crippen LogP contribution in [0.2, 0.25) is 0 Å². The Morgan fingerprint density at radius 3 is 2.70 bits per heavy atom. The molecule has 20 heavy (non-hydrogen) atoms. The van der Waals surface area contributed by atoms with Gasteiger partial charge in [-0.2, -0.15) is 4.31 Å². The van der Waals surface area contributed by atoms with Crippen molar-refractivity contribution >= 4 is 26.0 Å². The average Bonchev–Trinajstić information content (AvgIpc) is 2.73. The van der Waals surface area contributed by atoms with Crippen LogP contribution in [0.5, 0.6) is 0 Å². The Labute approximate surface area is 126 Å². The minimum atomic E-state index is -3.52. The highest BCUT2D eigenvalue weighted by Crippen LogP contribution is 2.28. The lowest BCUT2D eigenvalue weighted by Crippen LogP contribution is -2.60. The van der Waals surface area contributed by atoms with Gasteiger partial charge in [0.15, 0.2) is 5.03 Å². The summed E-state index contributed by atoms with van der Waals surface area (Å²) in [5, 5.41) is 9.59. The van der Waals surface area contributed by atoms with Gasteiger partial charge < -0.3 is 5.11 Å². The lowest BCUT2D eigenvalue weighted by Gasteiger charge is -2.42. The Morgan fingerprint density at radius 2 is 2.10 bits per heavy atom. The van der Waals surface area contributed by atoms with Crippen molar-refractivity contribution in [3.63, 3.8) is 0 Å². The summed E-state index contributed by atoms with van der Waals surface area (Å²) in [4.78, 5) is 6.11. The molecule has 2 saturated heterocycles. The first-order chi connectivity index (χ1) is 9.48. The van der Waals surface area contributed by atoms with Crippen LogP contribution in [-0.2, 0) is 10.0 Å². The van der Waals surface area contributed by atoms with Crippen LogP contribution < -0.4 is 0 Å². The van der Waals surface area contributed by atoms with E-state index in [1.165, 1.54) is 10.5 Å². The minimum absolute atomic E-state index is 0.0694. The summed E-state index contributed by atoms with van der Waals surface area (Å²) in [5.74, 6) is 0. The van der Waals surface area contributed by atoms with Gasteiger partial charge in [-0.1, -0.05) is 0 Å². The third-order valence-corrected chi connectivity index (χ3v) is 6.54. The van der Waals surface area contributed by atoms with E-state index in [9.17, 15) is 13.5 Å². The van der Waals surface area contributed by atoms with Gasteiger partial charge in [0.2, 0.25) is 0 Å². The van der Waals surface area contributed by atoms with Gasteiger partial charge in [-0.3, -0.25) is 4.90 Å². The molecule has 0 amide bonds. The molecule has 3 heterocycles. The summed E-state index contributed by atoms with van der Waals surface area (Å²) >= 11 is 3.23. The van der Waals surface area contributed by atoms with Crippen molar-refractivity contribution in [2.24, 2.45) is 0 Å². The molecule has 3 rings (SSSR count). The van der Waals surface area contributed by atoms with Gasteiger partial charge in [0, 0.05) is 38.4 Å². The molecule has 0 saturated carbocycles. The van der Waals surface area contributed by atoms with Crippen molar-refractivity contribution in [1.29, 1.82) is 0 Å². The van der Waals surface area contributed by atoms with Gasteiger partial charge in [-0.05, 0) is 34.5 Å². The first-order valence-electron chi connectivity index (χ1n) is 6.51. The molecule has 2 fully saturated rings. The van der Waals surface area contributed by atoms with Crippen LogP contribution in [0.4, 0.5) is 0 Å². The molecule has 1 unspecified atom stereocenters. The highest BCUT2D eigenvalue weighted by atomic mass is 79.9. The first kappa shape index (κ1) is 14.4. The molecule has 0 radical (unpaired) electrons. The van der Waals surface area contributed by atoms with Crippen LogP contribution in [0.25, 0.3) is 0 Å². The maximum absolute atomic E-state index is 12.4. The fraction of sp³-hybridized carbons (Fsp3) is 0.583. The Balaban J connectivity index is 1.69. The molecule has 1 N–H and O–H groups in total. The van der Waals surface area contributed by atoms with Gasteiger partial charge in [0.25, 0.3) is 10.0 Å². The van der Waals surface area contributed by atoms with Crippen LogP contribution in [0.3, 0.4) is 0 Å². The maximum Gasteiger partial charge on any atom is 0.261 e. The summed E-state index contributed by atoms with van der Waals surface area (Å²) in [5.41, 5.74) is 0. The normalized spacial score (nSPS) is 25.8. The van der Waals surface area contributed by atoms with E-state index in [2.05, 4.69) is 25.8 Å². The standard InChI is InChI=1S/C12H16BrN3O3S/c13-11-2-1-4-14-12(11)20(18,19)16-6-9(7-16)15-5-3-10(17)8-15/h1-2,4,9-10,17H,3,5-8H2. The fourth-order valence-electron chi connectivity index (χ4n) is 2.63. The number of β-amino-alcohol motifs (C(OH)–C–C–N with tert-alkyl or cyclic N) is 1. The molecular weight excluding hydrogens is 346 g/mol. The van der Waals surface area contributed by atoms with Crippen molar-refractivity contribution in [1.82, 2.24) is 14.2 Å². The molecule has 0 bridgehead atoms. The van der Waals surface area contributed by atoms with E-state index in [1.807, 2.05) is 0 Å². The van der Waals surface area contributed by atoms with Gasteiger partial charge in [0.05, 0.1) is 10.6 Å². The van der Waals surface area contributed by atoms with Gasteiger partial charge >= 0.3 is 0 Å².